The fourth-order valence-electron chi connectivity index (χ4n) is 2.71. The number of nitrogens with one attached hydrogen (secondary N) is 2. The third kappa shape index (κ3) is 5.90. The van der Waals surface area contributed by atoms with E-state index in [0.29, 0.717) is 24.5 Å². The van der Waals surface area contributed by atoms with Gasteiger partial charge in [0, 0.05) is 39.0 Å². The van der Waals surface area contributed by atoms with Crippen molar-refractivity contribution in [2.75, 3.05) is 38.7 Å². The second-order valence-corrected chi connectivity index (χ2v) is 8.88. The number of rotatable bonds is 7. The van der Waals surface area contributed by atoms with Gasteiger partial charge in [0.1, 0.15) is 0 Å². The quantitative estimate of drug-likeness (QED) is 0.427. The largest absolute Gasteiger partial charge is 0.356 e. The van der Waals surface area contributed by atoms with Crippen LogP contribution in [0.1, 0.15) is 24.8 Å². The van der Waals surface area contributed by atoms with Gasteiger partial charge in [-0.2, -0.15) is 16.1 Å². The molecule has 0 unspecified atom stereocenters. The number of thioether (sulfide) groups is 1. The van der Waals surface area contributed by atoms with E-state index in [1.54, 1.807) is 35.2 Å². The maximum atomic E-state index is 12.6. The van der Waals surface area contributed by atoms with Crippen molar-refractivity contribution >= 4 is 27.7 Å². The second-order valence-electron chi connectivity index (χ2n) is 5.95. The van der Waals surface area contributed by atoms with E-state index in [1.165, 1.54) is 0 Å². The van der Waals surface area contributed by atoms with Crippen LogP contribution in [0.15, 0.2) is 34.2 Å². The average Bonchev–Trinajstić information content (AvgIpc) is 2.65. The molecule has 0 bridgehead atoms. The van der Waals surface area contributed by atoms with Crippen molar-refractivity contribution in [3.63, 3.8) is 0 Å². The summed E-state index contributed by atoms with van der Waals surface area (Å²) in [5, 5.41) is 6.47. The van der Waals surface area contributed by atoms with Gasteiger partial charge in [-0.15, -0.1) is 0 Å². The van der Waals surface area contributed by atoms with Gasteiger partial charge in [0.25, 0.3) is 0 Å². The van der Waals surface area contributed by atoms with Crippen molar-refractivity contribution in [3.05, 3.63) is 29.8 Å². The van der Waals surface area contributed by atoms with Crippen LogP contribution in [-0.2, 0) is 16.6 Å². The molecule has 6 nitrogen and oxygen atoms in total. The maximum absolute atomic E-state index is 12.6. The number of nitrogens with zero attached hydrogens (tertiary/aromatic N) is 2. The lowest BCUT2D eigenvalue weighted by Gasteiger charge is -2.25. The van der Waals surface area contributed by atoms with Gasteiger partial charge in [-0.3, -0.25) is 4.99 Å². The van der Waals surface area contributed by atoms with E-state index in [4.69, 9.17) is 0 Å². The fraction of sp³-hybridized carbons (Fsp3) is 0.588. The first-order valence-corrected chi connectivity index (χ1v) is 11.4. The second kappa shape index (κ2) is 10.0. The Bertz CT molecular complexity index is 654. The minimum Gasteiger partial charge on any atom is -0.356 e. The molecule has 1 saturated heterocycles. The molecule has 0 saturated carbocycles. The number of hydrogen-bond donors (Lipinski definition) is 2. The van der Waals surface area contributed by atoms with E-state index in [-0.39, 0.29) is 0 Å². The standard InChI is InChI=1S/C17H28N4O2S2/c1-18-17(19-10-13-24-2)20-14-15-6-8-16(9-7-15)25(22,23)21-11-4-3-5-12-21/h6-9H,3-5,10-14H2,1-2H3,(H2,18,19,20). The molecule has 25 heavy (non-hydrogen) atoms. The van der Waals surface area contributed by atoms with E-state index in [9.17, 15) is 8.42 Å². The first kappa shape index (κ1) is 20.1. The van der Waals surface area contributed by atoms with Gasteiger partial charge in [0.2, 0.25) is 10.0 Å². The Balaban J connectivity index is 1.93. The van der Waals surface area contributed by atoms with Crippen LogP contribution < -0.4 is 10.6 Å². The first-order chi connectivity index (χ1) is 12.1. The van der Waals surface area contributed by atoms with Crippen LogP contribution in [0.5, 0.6) is 0 Å². The van der Waals surface area contributed by atoms with Crippen molar-refractivity contribution in [2.45, 2.75) is 30.7 Å². The number of hydrogen-bond acceptors (Lipinski definition) is 4. The summed E-state index contributed by atoms with van der Waals surface area (Å²) in [6.45, 7) is 2.71. The van der Waals surface area contributed by atoms with E-state index in [1.807, 2.05) is 12.1 Å². The molecule has 1 aliphatic rings. The highest BCUT2D eigenvalue weighted by atomic mass is 32.2. The molecule has 0 atom stereocenters. The van der Waals surface area contributed by atoms with Gasteiger partial charge in [0.05, 0.1) is 4.90 Å². The first-order valence-electron chi connectivity index (χ1n) is 8.60. The molecule has 0 radical (unpaired) electrons. The van der Waals surface area contributed by atoms with Crippen LogP contribution in [0, 0.1) is 0 Å². The van der Waals surface area contributed by atoms with E-state index < -0.39 is 10.0 Å². The predicted molar refractivity (Wildman–Crippen MR) is 106 cm³/mol. The Hall–Kier alpha value is -1.25. The lowest BCUT2D eigenvalue weighted by Crippen LogP contribution is -2.38. The third-order valence-electron chi connectivity index (χ3n) is 4.16. The van der Waals surface area contributed by atoms with Gasteiger partial charge >= 0.3 is 0 Å². The third-order valence-corrected chi connectivity index (χ3v) is 6.68. The molecule has 1 heterocycles. The molecule has 0 aromatic heterocycles. The topological polar surface area (TPSA) is 73.8 Å². The summed E-state index contributed by atoms with van der Waals surface area (Å²) in [4.78, 5) is 4.55. The van der Waals surface area contributed by atoms with Crippen molar-refractivity contribution in [1.82, 2.24) is 14.9 Å². The highest BCUT2D eigenvalue weighted by molar-refractivity contribution is 7.98. The van der Waals surface area contributed by atoms with Crippen LogP contribution in [0.3, 0.4) is 0 Å². The lowest BCUT2D eigenvalue weighted by atomic mass is 10.2. The highest BCUT2D eigenvalue weighted by Gasteiger charge is 2.25. The summed E-state index contributed by atoms with van der Waals surface area (Å²) >= 11 is 1.78. The molecule has 0 aliphatic carbocycles. The SMILES string of the molecule is CN=C(NCCSC)NCc1ccc(S(=O)(=O)N2CCCCC2)cc1. The van der Waals surface area contributed by atoms with E-state index in [2.05, 4.69) is 21.9 Å². The van der Waals surface area contributed by atoms with Crippen molar-refractivity contribution in [1.29, 1.82) is 0 Å². The van der Waals surface area contributed by atoms with Gasteiger partial charge in [-0.05, 0) is 36.8 Å². The zero-order valence-corrected chi connectivity index (χ0v) is 16.6. The van der Waals surface area contributed by atoms with E-state index in [0.717, 1.165) is 43.1 Å². The number of sulfonamides is 1. The molecule has 1 aromatic rings. The molecule has 2 N–H and O–H groups in total. The summed E-state index contributed by atoms with van der Waals surface area (Å²) in [7, 11) is -1.62. The smallest absolute Gasteiger partial charge is 0.243 e. The minimum atomic E-state index is -3.36. The Morgan fingerprint density at radius 2 is 1.84 bits per heavy atom. The Labute approximate surface area is 155 Å². The van der Waals surface area contributed by atoms with Gasteiger partial charge in [-0.1, -0.05) is 18.6 Å². The molecule has 0 spiro atoms. The molecule has 1 aromatic carbocycles. The number of guanidine groups is 1. The number of piperidine rings is 1. The van der Waals surface area contributed by atoms with Gasteiger partial charge in [0.15, 0.2) is 5.96 Å². The Kier molecular flexibility index (Phi) is 8.05. The van der Waals surface area contributed by atoms with Crippen LogP contribution >= 0.6 is 11.8 Å². The molecule has 0 amide bonds. The summed E-state index contributed by atoms with van der Waals surface area (Å²) in [6.07, 6.45) is 5.08. The summed E-state index contributed by atoms with van der Waals surface area (Å²) < 4.78 is 26.9. The molecule has 1 aliphatic heterocycles. The monoisotopic (exact) mass is 384 g/mol. The average molecular weight is 385 g/mol. The molecule has 1 fully saturated rings. The molecule has 140 valence electrons. The van der Waals surface area contributed by atoms with E-state index >= 15 is 0 Å². The van der Waals surface area contributed by atoms with Crippen LogP contribution in [-0.4, -0.2) is 57.4 Å². The highest BCUT2D eigenvalue weighted by Crippen LogP contribution is 2.20. The maximum Gasteiger partial charge on any atom is 0.243 e. The van der Waals surface area contributed by atoms with Crippen LogP contribution in [0.4, 0.5) is 0 Å². The predicted octanol–water partition coefficient (Wildman–Crippen LogP) is 1.89. The zero-order valence-electron chi connectivity index (χ0n) is 15.0. The van der Waals surface area contributed by atoms with Gasteiger partial charge < -0.3 is 10.6 Å². The number of aliphatic imine (C=N–C) groups is 1. The summed E-state index contributed by atoms with van der Waals surface area (Å²) in [6, 6.07) is 7.12. The van der Waals surface area contributed by atoms with Crippen LogP contribution in [0.2, 0.25) is 0 Å². The minimum absolute atomic E-state index is 0.376. The normalized spacial score (nSPS) is 16.6. The summed E-state index contributed by atoms with van der Waals surface area (Å²) in [5.74, 6) is 1.77. The fourth-order valence-corrected chi connectivity index (χ4v) is 4.53. The van der Waals surface area contributed by atoms with Crippen LogP contribution in [0.25, 0.3) is 0 Å². The van der Waals surface area contributed by atoms with Gasteiger partial charge in [-0.25, -0.2) is 8.42 Å². The Morgan fingerprint density at radius 3 is 2.44 bits per heavy atom. The lowest BCUT2D eigenvalue weighted by molar-refractivity contribution is 0.346. The van der Waals surface area contributed by atoms with Crippen molar-refractivity contribution in [3.8, 4) is 0 Å². The number of benzene rings is 1. The summed E-state index contributed by atoms with van der Waals surface area (Å²) in [5.41, 5.74) is 1.02. The Morgan fingerprint density at radius 1 is 1.16 bits per heavy atom. The molecular weight excluding hydrogens is 356 g/mol. The van der Waals surface area contributed by atoms with Crippen molar-refractivity contribution in [2.24, 2.45) is 4.99 Å². The zero-order chi connectivity index (χ0) is 18.1. The molecular formula is C17H28N4O2S2. The molecule has 8 heteroatoms. The molecule has 2 rings (SSSR count). The van der Waals surface area contributed by atoms with Crippen molar-refractivity contribution < 1.29 is 8.42 Å².